The summed E-state index contributed by atoms with van der Waals surface area (Å²) in [4.78, 5) is 10.5. The van der Waals surface area contributed by atoms with Gasteiger partial charge in [0.05, 0.1) is 6.61 Å². The van der Waals surface area contributed by atoms with E-state index in [2.05, 4.69) is 105 Å². The van der Waals surface area contributed by atoms with Crippen molar-refractivity contribution < 1.29 is 13.3 Å². The van der Waals surface area contributed by atoms with Gasteiger partial charge in [-0.3, -0.25) is 0 Å². The molecule has 348 valence electrons. The molecule has 0 amide bonds. The van der Waals surface area contributed by atoms with E-state index in [1.54, 1.807) is 12.4 Å². The van der Waals surface area contributed by atoms with Gasteiger partial charge in [-0.05, 0) is 94.7 Å². The van der Waals surface area contributed by atoms with Crippen LogP contribution in [0.5, 0.6) is 0 Å². The molecular formula is C52H88BrIN4O3. The van der Waals surface area contributed by atoms with Gasteiger partial charge in [-0.1, -0.05) is 183 Å². The summed E-state index contributed by atoms with van der Waals surface area (Å²) in [6.45, 7) is 31.7. The zero-order chi connectivity index (χ0) is 46.7. The predicted octanol–water partition coefficient (Wildman–Crippen LogP) is 16.4. The van der Waals surface area contributed by atoms with Crippen LogP contribution >= 0.6 is 38.9 Å². The Morgan fingerprint density at radius 2 is 1.10 bits per heavy atom. The SMILES string of the molecule is Brc1ccccn1.C.CC.CC.CC.CC.CC.CC.CCc1ccccc1N(CCCO)c1ccccn1.CCc1ccccc1NCCCOCc1ccccc1.OI. The number of aliphatic hydroxyl groups excluding tert-OH is 1. The molecule has 3 aromatic carbocycles. The molecule has 0 aliphatic heterocycles. The second-order valence-corrected chi connectivity index (χ2v) is 11.2. The standard InChI is InChI=1S/C18H23NO.C16H20N2O.C5H4BrN.6C2H6.CH4.HIO/c1-2-17-11-6-7-12-18(17)19-13-8-14-20-15-16-9-4-3-5-10-16;1-2-14-8-3-4-9-15(14)18(12-7-13-19)16-10-5-6-11-17-16;6-5-3-1-2-4-7-5;6*1-2;;1-2/h3-7,9-12,19H,2,8,13-15H2,1H3;3-6,8-11,19H,2,7,12-13H2,1H3;1-4H;6*1-2H3;1H4;2H. The molecule has 0 saturated carbocycles. The van der Waals surface area contributed by atoms with Crippen molar-refractivity contribution in [2.45, 2.75) is 137 Å². The van der Waals surface area contributed by atoms with Crippen molar-refractivity contribution >= 4 is 56.1 Å². The van der Waals surface area contributed by atoms with Crippen LogP contribution in [0.25, 0.3) is 0 Å². The van der Waals surface area contributed by atoms with Crippen LogP contribution in [0.15, 0.2) is 132 Å². The summed E-state index contributed by atoms with van der Waals surface area (Å²) in [6.07, 6.45) is 7.34. The Bertz CT molecular complexity index is 1490. The Morgan fingerprint density at radius 3 is 1.57 bits per heavy atom. The summed E-state index contributed by atoms with van der Waals surface area (Å²) in [5, 5.41) is 12.6. The zero-order valence-electron chi connectivity index (χ0n) is 39.9. The highest BCUT2D eigenvalue weighted by molar-refractivity contribution is 14.1. The van der Waals surface area contributed by atoms with Crippen LogP contribution in [0.1, 0.15) is 134 Å². The van der Waals surface area contributed by atoms with Crippen molar-refractivity contribution in [1.82, 2.24) is 9.97 Å². The van der Waals surface area contributed by atoms with Gasteiger partial charge in [0.15, 0.2) is 0 Å². The molecule has 2 heterocycles. The quantitative estimate of drug-likeness (QED) is 0.0580. The van der Waals surface area contributed by atoms with Gasteiger partial charge in [-0.15, -0.1) is 0 Å². The average Bonchev–Trinajstić information content (AvgIpc) is 3.36. The lowest BCUT2D eigenvalue weighted by atomic mass is 10.1. The number of hydrogen-bond donors (Lipinski definition) is 3. The van der Waals surface area contributed by atoms with Gasteiger partial charge >= 0.3 is 0 Å². The van der Waals surface area contributed by atoms with Crippen LogP contribution < -0.4 is 10.2 Å². The van der Waals surface area contributed by atoms with E-state index in [1.165, 1.54) is 28.1 Å². The molecule has 5 rings (SSSR count). The van der Waals surface area contributed by atoms with Gasteiger partial charge in [0.25, 0.3) is 0 Å². The van der Waals surface area contributed by atoms with E-state index in [0.29, 0.717) is 6.61 Å². The van der Waals surface area contributed by atoms with Crippen molar-refractivity contribution in [3.8, 4) is 0 Å². The molecule has 61 heavy (non-hydrogen) atoms. The number of rotatable bonds is 14. The summed E-state index contributed by atoms with van der Waals surface area (Å²) < 4.78 is 13.5. The second kappa shape index (κ2) is 58.7. The molecule has 2 aromatic heterocycles. The average molecular weight is 1020 g/mol. The van der Waals surface area contributed by atoms with Crippen LogP contribution in [-0.4, -0.2) is 44.8 Å². The van der Waals surface area contributed by atoms with E-state index >= 15 is 0 Å². The van der Waals surface area contributed by atoms with Crippen molar-refractivity contribution in [2.24, 2.45) is 0 Å². The lowest BCUT2D eigenvalue weighted by Crippen LogP contribution is -2.21. The largest absolute Gasteiger partial charge is 0.396 e. The zero-order valence-corrected chi connectivity index (χ0v) is 43.6. The first kappa shape index (κ1) is 69.4. The molecule has 5 aromatic rings. The number of hydrogen-bond acceptors (Lipinski definition) is 7. The minimum Gasteiger partial charge on any atom is -0.396 e. The molecule has 3 N–H and O–H groups in total. The van der Waals surface area contributed by atoms with E-state index in [-0.39, 0.29) is 14.0 Å². The maximum atomic E-state index is 9.09. The smallest absolute Gasteiger partial charge is 0.132 e. The van der Waals surface area contributed by atoms with Crippen LogP contribution in [0.4, 0.5) is 17.2 Å². The molecule has 9 heteroatoms. The van der Waals surface area contributed by atoms with Crippen LogP contribution in [-0.2, 0) is 24.2 Å². The van der Waals surface area contributed by atoms with Crippen LogP contribution in [0.2, 0.25) is 0 Å². The maximum absolute atomic E-state index is 9.09. The number of nitrogens with one attached hydrogen (secondary N) is 1. The summed E-state index contributed by atoms with van der Waals surface area (Å²) in [5.41, 5.74) is 6.33. The Balaban J connectivity index is -0.000000170. The molecule has 0 saturated heterocycles. The summed E-state index contributed by atoms with van der Waals surface area (Å²) in [6, 6.07) is 38.8. The first-order valence-electron chi connectivity index (χ1n) is 22.2. The van der Waals surface area contributed by atoms with Crippen LogP contribution in [0, 0.1) is 0 Å². The fourth-order valence-corrected chi connectivity index (χ4v) is 4.95. The van der Waals surface area contributed by atoms with Gasteiger partial charge in [-0.25, -0.2) is 9.97 Å². The number of anilines is 3. The molecule has 0 bridgehead atoms. The van der Waals surface area contributed by atoms with Crippen LogP contribution in [0.3, 0.4) is 0 Å². The van der Waals surface area contributed by atoms with E-state index in [0.717, 1.165) is 78.8 Å². The summed E-state index contributed by atoms with van der Waals surface area (Å²) in [5.74, 6) is 0.928. The number of aliphatic hydroxyl groups is 1. The van der Waals surface area contributed by atoms with Gasteiger partial charge in [0, 0.05) is 50.1 Å². The first-order chi connectivity index (χ1) is 29.7. The first-order valence-corrected chi connectivity index (χ1v) is 24.0. The Morgan fingerprint density at radius 1 is 0.607 bits per heavy atom. The van der Waals surface area contributed by atoms with Gasteiger partial charge < -0.3 is 23.5 Å². The third kappa shape index (κ3) is 37.0. The molecule has 0 unspecified atom stereocenters. The predicted molar refractivity (Wildman–Crippen MR) is 287 cm³/mol. The molecule has 0 aliphatic rings. The maximum Gasteiger partial charge on any atom is 0.132 e. The summed E-state index contributed by atoms with van der Waals surface area (Å²) in [7, 11) is 0. The number of nitrogens with zero attached hydrogens (tertiary/aromatic N) is 3. The number of halogens is 2. The number of benzene rings is 3. The molecule has 0 spiro atoms. The fourth-order valence-electron chi connectivity index (χ4n) is 4.68. The van der Waals surface area contributed by atoms with Gasteiger partial charge in [-0.2, -0.15) is 0 Å². The van der Waals surface area contributed by atoms with Crippen molar-refractivity contribution in [1.29, 1.82) is 0 Å². The van der Waals surface area contributed by atoms with E-state index in [1.807, 2.05) is 144 Å². The summed E-state index contributed by atoms with van der Waals surface area (Å²) >= 11 is 4.35. The highest BCUT2D eigenvalue weighted by Crippen LogP contribution is 2.27. The number of aryl methyl sites for hydroxylation is 2. The molecule has 0 fully saturated rings. The minimum absolute atomic E-state index is 0. The Hall–Kier alpha value is -3.35. The number of para-hydroxylation sites is 2. The number of pyridine rings is 2. The fraction of sp³-hybridized carbons (Fsp3) is 0.462. The second-order valence-electron chi connectivity index (χ2n) is 10.4. The Labute approximate surface area is 399 Å². The monoisotopic (exact) mass is 1020 g/mol. The molecule has 0 atom stereocenters. The molecule has 0 radical (unpaired) electrons. The normalized spacial score (nSPS) is 8.36. The molecular weight excluding hydrogens is 935 g/mol. The Kier molecular flexibility index (Phi) is 66.8. The highest BCUT2D eigenvalue weighted by Gasteiger charge is 2.12. The third-order valence-corrected chi connectivity index (χ3v) is 7.52. The van der Waals surface area contributed by atoms with Crippen molar-refractivity contribution in [3.05, 3.63) is 149 Å². The lowest BCUT2D eigenvalue weighted by molar-refractivity contribution is 0.120. The van der Waals surface area contributed by atoms with Crippen molar-refractivity contribution in [3.63, 3.8) is 0 Å². The van der Waals surface area contributed by atoms with E-state index in [9.17, 15) is 0 Å². The van der Waals surface area contributed by atoms with E-state index in [4.69, 9.17) is 13.3 Å². The third-order valence-electron chi connectivity index (χ3n) is 7.05. The topological polar surface area (TPSA) is 90.7 Å². The van der Waals surface area contributed by atoms with Gasteiger partial charge in [0.2, 0.25) is 0 Å². The number of aromatic nitrogens is 2. The molecule has 0 aliphatic carbocycles. The highest BCUT2D eigenvalue weighted by atomic mass is 127. The molecule has 7 nitrogen and oxygen atoms in total. The minimum atomic E-state index is 0. The van der Waals surface area contributed by atoms with Crippen molar-refractivity contribution in [2.75, 3.05) is 36.5 Å². The lowest BCUT2D eigenvalue weighted by Gasteiger charge is -2.25. The van der Waals surface area contributed by atoms with Gasteiger partial charge in [0.1, 0.15) is 33.4 Å². The van der Waals surface area contributed by atoms with E-state index < -0.39 is 0 Å². The number of ether oxygens (including phenoxy) is 1.